The highest BCUT2D eigenvalue weighted by Gasteiger charge is 2.07. The first-order chi connectivity index (χ1) is 11.4. The minimum atomic E-state index is -0.485. The number of carbonyl (C=O) groups is 2. The van der Waals surface area contributed by atoms with Crippen LogP contribution in [0.1, 0.15) is 16.7 Å². The number of benzene rings is 2. The van der Waals surface area contributed by atoms with Gasteiger partial charge in [-0.1, -0.05) is 18.2 Å². The molecule has 2 rings (SSSR count). The maximum atomic E-state index is 13.0. The summed E-state index contributed by atoms with van der Waals surface area (Å²) in [6, 6.07) is 11.2. The van der Waals surface area contributed by atoms with E-state index < -0.39 is 17.6 Å². The monoisotopic (exact) mass is 330 g/mol. The predicted octanol–water partition coefficient (Wildman–Crippen LogP) is 2.21. The van der Waals surface area contributed by atoms with Gasteiger partial charge in [0.25, 0.3) is 5.91 Å². The molecule has 0 radical (unpaired) electrons. The van der Waals surface area contributed by atoms with Gasteiger partial charge in [0.05, 0.1) is 6.42 Å². The molecule has 0 atom stereocenters. The van der Waals surface area contributed by atoms with Gasteiger partial charge in [0.2, 0.25) is 5.91 Å². The quantitative estimate of drug-likeness (QED) is 0.826. The lowest BCUT2D eigenvalue weighted by Gasteiger charge is -2.10. The summed E-state index contributed by atoms with van der Waals surface area (Å²) in [7, 11) is 0. The number of carbonyl (C=O) groups excluding carboxylic acids is 2. The lowest BCUT2D eigenvalue weighted by Crippen LogP contribution is -2.44. The van der Waals surface area contributed by atoms with E-state index >= 15 is 0 Å². The Balaban J connectivity index is 1.74. The van der Waals surface area contributed by atoms with E-state index in [0.717, 1.165) is 11.1 Å². The Morgan fingerprint density at radius 2 is 1.75 bits per heavy atom. The number of hydrazine groups is 1. The Bertz CT molecular complexity index is 747. The second kappa shape index (κ2) is 8.10. The SMILES string of the molecule is Cc1ccc(OCC(=O)NNC(=O)Cc2cccc(F)c2)cc1C. The lowest BCUT2D eigenvalue weighted by atomic mass is 10.1. The summed E-state index contributed by atoms with van der Waals surface area (Å²) in [4.78, 5) is 23.4. The lowest BCUT2D eigenvalue weighted by molar-refractivity contribution is -0.129. The summed E-state index contributed by atoms with van der Waals surface area (Å²) in [5.41, 5.74) is 7.25. The van der Waals surface area contributed by atoms with Crippen LogP contribution in [0.2, 0.25) is 0 Å². The van der Waals surface area contributed by atoms with E-state index in [2.05, 4.69) is 10.9 Å². The summed E-state index contributed by atoms with van der Waals surface area (Å²) in [6.45, 7) is 3.72. The molecule has 0 heterocycles. The van der Waals surface area contributed by atoms with Gasteiger partial charge < -0.3 is 4.74 Å². The highest BCUT2D eigenvalue weighted by molar-refractivity contribution is 5.83. The van der Waals surface area contributed by atoms with Gasteiger partial charge in [0, 0.05) is 0 Å². The number of nitrogens with one attached hydrogen (secondary N) is 2. The summed E-state index contributed by atoms with van der Waals surface area (Å²) < 4.78 is 18.4. The van der Waals surface area contributed by atoms with Crippen molar-refractivity contribution in [2.75, 3.05) is 6.61 Å². The van der Waals surface area contributed by atoms with E-state index in [9.17, 15) is 14.0 Å². The number of hydrogen-bond donors (Lipinski definition) is 2. The number of halogens is 1. The molecule has 0 aliphatic carbocycles. The number of amides is 2. The normalized spacial score (nSPS) is 10.1. The molecule has 0 aliphatic rings. The Morgan fingerprint density at radius 3 is 2.46 bits per heavy atom. The van der Waals surface area contributed by atoms with Crippen molar-refractivity contribution in [2.45, 2.75) is 20.3 Å². The molecule has 5 nitrogen and oxygen atoms in total. The molecule has 0 aliphatic heterocycles. The fraction of sp³-hybridized carbons (Fsp3) is 0.222. The molecule has 6 heteroatoms. The van der Waals surface area contributed by atoms with Crippen LogP contribution in [-0.4, -0.2) is 18.4 Å². The summed E-state index contributed by atoms with van der Waals surface area (Å²) in [5, 5.41) is 0. The van der Waals surface area contributed by atoms with Gasteiger partial charge in [0.1, 0.15) is 11.6 Å². The fourth-order valence-electron chi connectivity index (χ4n) is 2.00. The number of rotatable bonds is 5. The number of aryl methyl sites for hydroxylation is 2. The van der Waals surface area contributed by atoms with Crippen molar-refractivity contribution in [1.82, 2.24) is 10.9 Å². The van der Waals surface area contributed by atoms with Crippen LogP contribution in [-0.2, 0) is 16.0 Å². The summed E-state index contributed by atoms with van der Waals surface area (Å²) >= 11 is 0. The van der Waals surface area contributed by atoms with Gasteiger partial charge in [-0.15, -0.1) is 0 Å². The Hall–Kier alpha value is -2.89. The Morgan fingerprint density at radius 1 is 1.00 bits per heavy atom. The van der Waals surface area contributed by atoms with Crippen LogP contribution in [0.15, 0.2) is 42.5 Å². The molecule has 0 saturated carbocycles. The van der Waals surface area contributed by atoms with Gasteiger partial charge in [-0.3, -0.25) is 20.4 Å². The van der Waals surface area contributed by atoms with Crippen LogP contribution in [0.25, 0.3) is 0 Å². The summed E-state index contributed by atoms with van der Waals surface area (Å²) in [5.74, 6) is -0.758. The molecule has 2 amide bonds. The first-order valence-corrected chi connectivity index (χ1v) is 7.46. The highest BCUT2D eigenvalue weighted by Crippen LogP contribution is 2.16. The molecular weight excluding hydrogens is 311 g/mol. The zero-order valence-electron chi connectivity index (χ0n) is 13.6. The smallest absolute Gasteiger partial charge is 0.276 e. The fourth-order valence-corrected chi connectivity index (χ4v) is 2.00. The van der Waals surface area contributed by atoms with Crippen molar-refractivity contribution in [1.29, 1.82) is 0 Å². The molecule has 0 spiro atoms. The second-order valence-corrected chi connectivity index (χ2v) is 5.44. The van der Waals surface area contributed by atoms with Gasteiger partial charge in [-0.25, -0.2) is 4.39 Å². The molecule has 126 valence electrons. The third-order valence-electron chi connectivity index (χ3n) is 3.44. The van der Waals surface area contributed by atoms with Gasteiger partial charge in [-0.05, 0) is 54.8 Å². The zero-order chi connectivity index (χ0) is 17.5. The van der Waals surface area contributed by atoms with Crippen molar-refractivity contribution in [3.63, 3.8) is 0 Å². The first kappa shape index (κ1) is 17.5. The first-order valence-electron chi connectivity index (χ1n) is 7.46. The van der Waals surface area contributed by atoms with Crippen LogP contribution in [0.4, 0.5) is 4.39 Å². The number of hydrogen-bond acceptors (Lipinski definition) is 3. The van der Waals surface area contributed by atoms with Crippen molar-refractivity contribution in [3.8, 4) is 5.75 Å². The number of ether oxygens (including phenoxy) is 1. The maximum Gasteiger partial charge on any atom is 0.276 e. The van der Waals surface area contributed by atoms with Crippen LogP contribution in [0, 0.1) is 19.7 Å². The van der Waals surface area contributed by atoms with Crippen LogP contribution in [0.5, 0.6) is 5.75 Å². The summed E-state index contributed by atoms with van der Waals surface area (Å²) in [6.07, 6.45) is -0.0317. The van der Waals surface area contributed by atoms with Crippen LogP contribution in [0.3, 0.4) is 0 Å². The van der Waals surface area contributed by atoms with Gasteiger partial charge >= 0.3 is 0 Å². The van der Waals surface area contributed by atoms with Crippen LogP contribution >= 0.6 is 0 Å². The van der Waals surface area contributed by atoms with Crippen molar-refractivity contribution in [3.05, 3.63) is 65.0 Å². The van der Waals surface area contributed by atoms with Gasteiger partial charge in [-0.2, -0.15) is 0 Å². The van der Waals surface area contributed by atoms with E-state index in [1.807, 2.05) is 26.0 Å². The van der Waals surface area contributed by atoms with E-state index in [1.54, 1.807) is 12.1 Å². The van der Waals surface area contributed by atoms with Crippen molar-refractivity contribution >= 4 is 11.8 Å². The van der Waals surface area contributed by atoms with Gasteiger partial charge in [0.15, 0.2) is 6.61 Å². The second-order valence-electron chi connectivity index (χ2n) is 5.44. The predicted molar refractivity (Wildman–Crippen MR) is 87.8 cm³/mol. The van der Waals surface area contributed by atoms with E-state index in [-0.39, 0.29) is 13.0 Å². The highest BCUT2D eigenvalue weighted by atomic mass is 19.1. The molecule has 0 fully saturated rings. The molecule has 0 unspecified atom stereocenters. The average molecular weight is 330 g/mol. The molecule has 0 saturated heterocycles. The molecule has 0 bridgehead atoms. The van der Waals surface area contributed by atoms with Crippen molar-refractivity contribution in [2.24, 2.45) is 0 Å². The minimum absolute atomic E-state index is 0.0317. The zero-order valence-corrected chi connectivity index (χ0v) is 13.6. The van der Waals surface area contributed by atoms with E-state index in [4.69, 9.17) is 4.74 Å². The Kier molecular flexibility index (Phi) is 5.89. The topological polar surface area (TPSA) is 67.4 Å². The van der Waals surface area contributed by atoms with Crippen LogP contribution < -0.4 is 15.6 Å². The third kappa shape index (κ3) is 5.39. The molecule has 2 aromatic rings. The standard InChI is InChI=1S/C18H19FN2O3/c1-12-6-7-16(8-13(12)2)24-11-18(23)21-20-17(22)10-14-4-3-5-15(19)9-14/h3-9H,10-11H2,1-2H3,(H,20,22)(H,21,23). The third-order valence-corrected chi connectivity index (χ3v) is 3.44. The molecule has 2 aromatic carbocycles. The van der Waals surface area contributed by atoms with E-state index in [1.165, 1.54) is 18.2 Å². The molecule has 24 heavy (non-hydrogen) atoms. The van der Waals surface area contributed by atoms with E-state index in [0.29, 0.717) is 11.3 Å². The molecular formula is C18H19FN2O3. The average Bonchev–Trinajstić information content (AvgIpc) is 2.54. The maximum absolute atomic E-state index is 13.0. The van der Waals surface area contributed by atoms with Crippen molar-refractivity contribution < 1.29 is 18.7 Å². The molecule has 2 N–H and O–H groups in total. The molecule has 0 aromatic heterocycles. The Labute approximate surface area is 139 Å². The largest absolute Gasteiger partial charge is 0.484 e. The minimum Gasteiger partial charge on any atom is -0.484 e.